The van der Waals surface area contributed by atoms with Gasteiger partial charge in [0.1, 0.15) is 0 Å². The van der Waals surface area contributed by atoms with Crippen LogP contribution in [0.2, 0.25) is 0 Å². The molecule has 0 atom stereocenters. The van der Waals surface area contributed by atoms with Crippen molar-refractivity contribution in [1.82, 2.24) is 10.5 Å². The van der Waals surface area contributed by atoms with E-state index >= 15 is 0 Å². The third-order valence-electron chi connectivity index (χ3n) is 1.49. The van der Waals surface area contributed by atoms with Gasteiger partial charge >= 0.3 is 5.82 Å². The summed E-state index contributed by atoms with van der Waals surface area (Å²) in [6, 6.07) is 2.32. The summed E-state index contributed by atoms with van der Waals surface area (Å²) in [6.45, 7) is 1.52. The van der Waals surface area contributed by atoms with Gasteiger partial charge in [-0.2, -0.15) is 0 Å². The molecule has 0 aromatic carbocycles. The first-order valence-electron chi connectivity index (χ1n) is 3.62. The number of nitrogens with zero attached hydrogens (tertiary/aromatic N) is 2. The van der Waals surface area contributed by atoms with E-state index in [1.54, 1.807) is 0 Å². The number of aryl methyl sites for hydroxylation is 1. The van der Waals surface area contributed by atoms with E-state index in [2.05, 4.69) is 4.98 Å². The molecule has 0 saturated heterocycles. The fourth-order valence-corrected chi connectivity index (χ4v) is 0.940. The van der Waals surface area contributed by atoms with Gasteiger partial charge in [0.05, 0.1) is 5.56 Å². The van der Waals surface area contributed by atoms with Crippen LogP contribution in [0.15, 0.2) is 12.1 Å². The van der Waals surface area contributed by atoms with Gasteiger partial charge in [-0.3, -0.25) is 10.0 Å². The molecule has 74 valence electrons. The SMILES string of the molecule is Cc1cc(C(=O)NO)cc([N+](=O)[O-])n1. The molecule has 0 radical (unpaired) electrons. The van der Waals surface area contributed by atoms with E-state index in [0.717, 1.165) is 6.07 Å². The molecule has 1 aromatic heterocycles. The maximum absolute atomic E-state index is 10.9. The van der Waals surface area contributed by atoms with Crippen molar-refractivity contribution in [3.63, 3.8) is 0 Å². The van der Waals surface area contributed by atoms with E-state index in [0.29, 0.717) is 5.69 Å². The second kappa shape index (κ2) is 3.79. The number of nitro groups is 1. The minimum Gasteiger partial charge on any atom is -0.358 e. The Morgan fingerprint density at radius 2 is 2.29 bits per heavy atom. The molecule has 7 heteroatoms. The summed E-state index contributed by atoms with van der Waals surface area (Å²) in [5, 5.41) is 18.7. The van der Waals surface area contributed by atoms with E-state index in [1.165, 1.54) is 18.5 Å². The number of pyridine rings is 1. The number of carbonyl (C=O) groups excluding carboxylic acids is 1. The normalized spacial score (nSPS) is 9.57. The number of nitrogens with one attached hydrogen (secondary N) is 1. The minimum atomic E-state index is -0.807. The van der Waals surface area contributed by atoms with Gasteiger partial charge in [-0.1, -0.05) is 0 Å². The Morgan fingerprint density at radius 3 is 2.79 bits per heavy atom. The number of aromatic nitrogens is 1. The molecule has 14 heavy (non-hydrogen) atoms. The van der Waals surface area contributed by atoms with Crippen LogP contribution in [0.1, 0.15) is 16.1 Å². The molecule has 1 amide bonds. The number of amides is 1. The average Bonchev–Trinajstić information content (AvgIpc) is 2.15. The highest BCUT2D eigenvalue weighted by atomic mass is 16.6. The Labute approximate surface area is 78.5 Å². The van der Waals surface area contributed by atoms with Crippen molar-refractivity contribution in [2.45, 2.75) is 6.92 Å². The second-order valence-corrected chi connectivity index (χ2v) is 2.55. The first-order valence-corrected chi connectivity index (χ1v) is 3.62. The van der Waals surface area contributed by atoms with Crippen molar-refractivity contribution in [3.05, 3.63) is 33.5 Å². The summed E-state index contributed by atoms with van der Waals surface area (Å²) in [5.41, 5.74) is 1.71. The average molecular weight is 197 g/mol. The minimum absolute atomic E-state index is 0.00769. The lowest BCUT2D eigenvalue weighted by atomic mass is 10.2. The molecule has 0 aliphatic rings. The highest BCUT2D eigenvalue weighted by Crippen LogP contribution is 2.11. The zero-order chi connectivity index (χ0) is 10.7. The highest BCUT2D eigenvalue weighted by molar-refractivity contribution is 5.93. The molecule has 0 saturated carbocycles. The molecule has 0 aliphatic carbocycles. The Bertz CT molecular complexity index is 391. The molecule has 1 heterocycles. The van der Waals surface area contributed by atoms with Crippen molar-refractivity contribution >= 4 is 11.7 Å². The van der Waals surface area contributed by atoms with E-state index in [9.17, 15) is 14.9 Å². The summed E-state index contributed by atoms with van der Waals surface area (Å²) in [6.07, 6.45) is 0. The predicted molar refractivity (Wildman–Crippen MR) is 44.9 cm³/mol. The standard InChI is InChI=1S/C7H7N3O4/c1-4-2-5(7(11)9-12)3-6(8-4)10(13)14/h2-3,12H,1H3,(H,9,11). The molecule has 7 nitrogen and oxygen atoms in total. The van der Waals surface area contributed by atoms with Crippen LogP contribution in [-0.4, -0.2) is 21.0 Å². The van der Waals surface area contributed by atoms with Crippen LogP contribution in [0.4, 0.5) is 5.82 Å². The number of hydrogen-bond donors (Lipinski definition) is 2. The topological polar surface area (TPSA) is 105 Å². The number of hydrogen-bond acceptors (Lipinski definition) is 5. The maximum Gasteiger partial charge on any atom is 0.364 e. The molecule has 0 spiro atoms. The smallest absolute Gasteiger partial charge is 0.358 e. The number of rotatable bonds is 2. The Morgan fingerprint density at radius 1 is 1.64 bits per heavy atom. The molecular weight excluding hydrogens is 190 g/mol. The first-order chi connectivity index (χ1) is 6.54. The van der Waals surface area contributed by atoms with E-state index in [-0.39, 0.29) is 5.56 Å². The summed E-state index contributed by atoms with van der Waals surface area (Å²) in [4.78, 5) is 24.2. The van der Waals surface area contributed by atoms with Crippen molar-refractivity contribution in [2.75, 3.05) is 0 Å². The van der Waals surface area contributed by atoms with E-state index in [4.69, 9.17) is 5.21 Å². The summed E-state index contributed by atoms with van der Waals surface area (Å²) < 4.78 is 0. The first kappa shape index (κ1) is 10.1. The lowest BCUT2D eigenvalue weighted by molar-refractivity contribution is -0.389. The highest BCUT2D eigenvalue weighted by Gasteiger charge is 2.14. The molecule has 2 N–H and O–H groups in total. The maximum atomic E-state index is 10.9. The Kier molecular flexibility index (Phi) is 2.73. The summed E-state index contributed by atoms with van der Waals surface area (Å²) in [5.74, 6) is -1.23. The van der Waals surface area contributed by atoms with Crippen molar-refractivity contribution in [3.8, 4) is 0 Å². The monoisotopic (exact) mass is 197 g/mol. The van der Waals surface area contributed by atoms with Gasteiger partial charge in [0.25, 0.3) is 5.91 Å². The van der Waals surface area contributed by atoms with Crippen LogP contribution in [0.25, 0.3) is 0 Å². The van der Waals surface area contributed by atoms with Gasteiger partial charge in [0.2, 0.25) is 0 Å². The molecule has 0 bridgehead atoms. The van der Waals surface area contributed by atoms with Crippen molar-refractivity contribution < 1.29 is 14.9 Å². The van der Waals surface area contributed by atoms with Crippen LogP contribution in [0, 0.1) is 17.0 Å². The summed E-state index contributed by atoms with van der Waals surface area (Å²) in [7, 11) is 0. The van der Waals surface area contributed by atoms with E-state index in [1.807, 2.05) is 0 Å². The Balaban J connectivity index is 3.20. The van der Waals surface area contributed by atoms with Crippen molar-refractivity contribution in [2.24, 2.45) is 0 Å². The second-order valence-electron chi connectivity index (χ2n) is 2.55. The zero-order valence-corrected chi connectivity index (χ0v) is 7.22. The number of hydroxylamine groups is 1. The fourth-order valence-electron chi connectivity index (χ4n) is 0.940. The Hall–Kier alpha value is -2.02. The fraction of sp³-hybridized carbons (Fsp3) is 0.143. The third kappa shape index (κ3) is 2.02. The van der Waals surface area contributed by atoms with Gasteiger partial charge in [0, 0.05) is 13.0 Å². The predicted octanol–water partition coefficient (Wildman–Crippen LogP) is 0.417. The summed E-state index contributed by atoms with van der Waals surface area (Å²) >= 11 is 0. The van der Waals surface area contributed by atoms with Crippen molar-refractivity contribution in [1.29, 1.82) is 0 Å². The third-order valence-corrected chi connectivity index (χ3v) is 1.49. The van der Waals surface area contributed by atoms with Crippen LogP contribution in [0.3, 0.4) is 0 Å². The quantitative estimate of drug-likeness (QED) is 0.406. The zero-order valence-electron chi connectivity index (χ0n) is 7.22. The molecule has 0 unspecified atom stereocenters. The molecule has 1 rings (SSSR count). The van der Waals surface area contributed by atoms with Crippen LogP contribution in [-0.2, 0) is 0 Å². The largest absolute Gasteiger partial charge is 0.364 e. The van der Waals surface area contributed by atoms with Crippen LogP contribution in [0.5, 0.6) is 0 Å². The lowest BCUT2D eigenvalue weighted by Crippen LogP contribution is -2.19. The van der Waals surface area contributed by atoms with Gasteiger partial charge in [0.15, 0.2) is 5.69 Å². The van der Waals surface area contributed by atoms with E-state index < -0.39 is 16.6 Å². The van der Waals surface area contributed by atoms with Gasteiger partial charge < -0.3 is 10.1 Å². The molecule has 0 aliphatic heterocycles. The molecular formula is C7H7N3O4. The molecule has 0 fully saturated rings. The van der Waals surface area contributed by atoms with Crippen LogP contribution < -0.4 is 5.48 Å². The number of carbonyl (C=O) groups is 1. The molecule has 1 aromatic rings. The lowest BCUT2D eigenvalue weighted by Gasteiger charge is -1.98. The van der Waals surface area contributed by atoms with Gasteiger partial charge in [-0.05, 0) is 16.0 Å². The van der Waals surface area contributed by atoms with Gasteiger partial charge in [-0.15, -0.1) is 0 Å². The van der Waals surface area contributed by atoms with Crippen LogP contribution >= 0.6 is 0 Å². The van der Waals surface area contributed by atoms with Gasteiger partial charge in [-0.25, -0.2) is 5.48 Å².